The Labute approximate surface area is 128 Å². The maximum atomic E-state index is 10.2. The summed E-state index contributed by atoms with van der Waals surface area (Å²) in [6.45, 7) is 11.2. The molecule has 0 amide bonds. The molecule has 2 heterocycles. The van der Waals surface area contributed by atoms with E-state index >= 15 is 0 Å². The molecule has 5 nitrogen and oxygen atoms in total. The van der Waals surface area contributed by atoms with Crippen molar-refractivity contribution in [3.63, 3.8) is 0 Å². The second-order valence-electron chi connectivity index (χ2n) is 6.80. The molecule has 0 aliphatic carbocycles. The van der Waals surface area contributed by atoms with Gasteiger partial charge in [0.25, 0.3) is 0 Å². The molecule has 2 saturated heterocycles. The van der Waals surface area contributed by atoms with E-state index in [0.717, 1.165) is 58.1 Å². The fraction of sp³-hybridized carbons (Fsp3) is 0.938. The van der Waals surface area contributed by atoms with Crippen LogP contribution in [0.3, 0.4) is 0 Å². The van der Waals surface area contributed by atoms with Crippen molar-refractivity contribution in [3.8, 4) is 0 Å². The molecule has 5 heteroatoms. The number of aliphatic imine (C=N–C) groups is 1. The molecule has 2 rings (SSSR count). The molecule has 1 unspecified atom stereocenters. The van der Waals surface area contributed by atoms with Crippen LogP contribution < -0.4 is 5.32 Å². The normalized spacial score (nSPS) is 25.1. The largest absolute Gasteiger partial charge is 0.388 e. The highest BCUT2D eigenvalue weighted by molar-refractivity contribution is 5.80. The molecule has 0 bridgehead atoms. The van der Waals surface area contributed by atoms with Gasteiger partial charge in [-0.05, 0) is 44.9 Å². The molecule has 0 saturated carbocycles. The van der Waals surface area contributed by atoms with Gasteiger partial charge in [0.05, 0.1) is 12.1 Å². The van der Waals surface area contributed by atoms with E-state index in [4.69, 9.17) is 4.74 Å². The predicted octanol–water partition coefficient (Wildman–Crippen LogP) is 1.62. The zero-order valence-corrected chi connectivity index (χ0v) is 13.8. The number of hydrogen-bond donors (Lipinski definition) is 2. The summed E-state index contributed by atoms with van der Waals surface area (Å²) < 4.78 is 5.51. The van der Waals surface area contributed by atoms with Gasteiger partial charge in [-0.3, -0.25) is 4.99 Å². The first-order valence-electron chi connectivity index (χ1n) is 8.34. The van der Waals surface area contributed by atoms with Gasteiger partial charge in [-0.2, -0.15) is 0 Å². The summed E-state index contributed by atoms with van der Waals surface area (Å²) in [7, 11) is 0. The molecule has 122 valence electrons. The first-order chi connectivity index (χ1) is 10.0. The minimum absolute atomic E-state index is 0.418. The highest BCUT2D eigenvalue weighted by Gasteiger charge is 2.40. The molecule has 0 radical (unpaired) electrons. The Hall–Kier alpha value is -0.810. The van der Waals surface area contributed by atoms with Gasteiger partial charge < -0.3 is 20.1 Å². The standard InChI is InChI=1S/C16H31N3O2/c1-4-15(3,20)12-18-14(17-5-2)19-9-6-16(13-19)7-10-21-11-8-16/h20H,4-13H2,1-3H3,(H,17,18). The van der Waals surface area contributed by atoms with E-state index in [9.17, 15) is 5.11 Å². The molecule has 2 fully saturated rings. The highest BCUT2D eigenvalue weighted by atomic mass is 16.5. The van der Waals surface area contributed by atoms with E-state index in [1.807, 2.05) is 13.8 Å². The molecule has 1 spiro atoms. The van der Waals surface area contributed by atoms with Gasteiger partial charge in [0.2, 0.25) is 0 Å². The van der Waals surface area contributed by atoms with E-state index in [1.165, 1.54) is 6.42 Å². The third-order valence-electron chi connectivity index (χ3n) is 4.96. The number of guanidine groups is 1. The van der Waals surface area contributed by atoms with E-state index in [2.05, 4.69) is 22.1 Å². The van der Waals surface area contributed by atoms with Crippen molar-refractivity contribution >= 4 is 5.96 Å². The molecule has 0 aromatic carbocycles. The summed E-state index contributed by atoms with van der Waals surface area (Å²) in [4.78, 5) is 7.03. The van der Waals surface area contributed by atoms with Crippen molar-refractivity contribution in [1.29, 1.82) is 0 Å². The van der Waals surface area contributed by atoms with Crippen molar-refractivity contribution < 1.29 is 9.84 Å². The van der Waals surface area contributed by atoms with Gasteiger partial charge in [-0.1, -0.05) is 6.92 Å². The monoisotopic (exact) mass is 297 g/mol. The molecule has 21 heavy (non-hydrogen) atoms. The second-order valence-corrected chi connectivity index (χ2v) is 6.80. The Kier molecular flexibility index (Phi) is 5.49. The lowest BCUT2D eigenvalue weighted by Gasteiger charge is -2.33. The average molecular weight is 297 g/mol. The van der Waals surface area contributed by atoms with Crippen LogP contribution in [0, 0.1) is 5.41 Å². The lowest BCUT2D eigenvalue weighted by atomic mass is 9.80. The second kappa shape index (κ2) is 6.97. The van der Waals surface area contributed by atoms with Gasteiger partial charge in [-0.25, -0.2) is 0 Å². The highest BCUT2D eigenvalue weighted by Crippen LogP contribution is 2.39. The van der Waals surface area contributed by atoms with Gasteiger partial charge in [0.15, 0.2) is 5.96 Å². The number of rotatable bonds is 4. The zero-order chi connectivity index (χ0) is 15.3. The van der Waals surface area contributed by atoms with Crippen molar-refractivity contribution in [2.75, 3.05) is 39.4 Å². The van der Waals surface area contributed by atoms with Crippen molar-refractivity contribution in [3.05, 3.63) is 0 Å². The van der Waals surface area contributed by atoms with Crippen LogP contribution in [0.5, 0.6) is 0 Å². The molecule has 0 aromatic heterocycles. The fourth-order valence-corrected chi connectivity index (χ4v) is 3.11. The summed E-state index contributed by atoms with van der Waals surface area (Å²) in [5.41, 5.74) is -0.293. The van der Waals surface area contributed by atoms with Crippen LogP contribution in [0.25, 0.3) is 0 Å². The summed E-state index contributed by atoms with van der Waals surface area (Å²) in [6.07, 6.45) is 4.27. The van der Waals surface area contributed by atoms with Crippen LogP contribution in [0.2, 0.25) is 0 Å². The average Bonchev–Trinajstić information content (AvgIpc) is 2.88. The van der Waals surface area contributed by atoms with E-state index < -0.39 is 5.60 Å². The molecule has 1 atom stereocenters. The summed E-state index contributed by atoms with van der Waals surface area (Å²) in [5.74, 6) is 0.953. The Balaban J connectivity index is 2.00. The summed E-state index contributed by atoms with van der Waals surface area (Å²) in [5, 5.41) is 13.5. The molecule has 2 aliphatic heterocycles. The lowest BCUT2D eigenvalue weighted by Crippen LogP contribution is -2.43. The van der Waals surface area contributed by atoms with Gasteiger partial charge in [0.1, 0.15) is 0 Å². The molecule has 0 aromatic rings. The third kappa shape index (κ3) is 4.33. The number of ether oxygens (including phenoxy) is 1. The lowest BCUT2D eigenvalue weighted by molar-refractivity contribution is 0.0217. The number of aliphatic hydroxyl groups is 1. The van der Waals surface area contributed by atoms with Crippen molar-refractivity contribution in [2.24, 2.45) is 10.4 Å². The summed E-state index contributed by atoms with van der Waals surface area (Å²) in [6, 6.07) is 0. The topological polar surface area (TPSA) is 57.1 Å². The predicted molar refractivity (Wildman–Crippen MR) is 85.6 cm³/mol. The Morgan fingerprint density at radius 1 is 1.33 bits per heavy atom. The summed E-state index contributed by atoms with van der Waals surface area (Å²) >= 11 is 0. The van der Waals surface area contributed by atoms with Crippen LogP contribution in [0.15, 0.2) is 4.99 Å². The van der Waals surface area contributed by atoms with Crippen LogP contribution in [-0.4, -0.2) is 61.0 Å². The van der Waals surface area contributed by atoms with Crippen LogP contribution in [0.4, 0.5) is 0 Å². The van der Waals surface area contributed by atoms with E-state index in [0.29, 0.717) is 12.0 Å². The van der Waals surface area contributed by atoms with Gasteiger partial charge in [0, 0.05) is 32.8 Å². The van der Waals surface area contributed by atoms with Gasteiger partial charge >= 0.3 is 0 Å². The maximum absolute atomic E-state index is 10.2. The number of nitrogens with zero attached hydrogens (tertiary/aromatic N) is 2. The Morgan fingerprint density at radius 3 is 2.67 bits per heavy atom. The number of likely N-dealkylation sites (tertiary alicyclic amines) is 1. The molecular weight excluding hydrogens is 266 g/mol. The molecular formula is C16H31N3O2. The van der Waals surface area contributed by atoms with Crippen LogP contribution in [-0.2, 0) is 4.74 Å². The SMILES string of the molecule is CCNC(=NCC(C)(O)CC)N1CCC2(CCOCC2)C1. The smallest absolute Gasteiger partial charge is 0.194 e. The maximum Gasteiger partial charge on any atom is 0.194 e. The first-order valence-corrected chi connectivity index (χ1v) is 8.34. The number of nitrogens with one attached hydrogen (secondary N) is 1. The first kappa shape index (κ1) is 16.6. The minimum atomic E-state index is -0.712. The molecule has 2 N–H and O–H groups in total. The minimum Gasteiger partial charge on any atom is -0.388 e. The van der Waals surface area contributed by atoms with Crippen LogP contribution >= 0.6 is 0 Å². The van der Waals surface area contributed by atoms with Crippen molar-refractivity contribution in [2.45, 2.75) is 52.1 Å². The Morgan fingerprint density at radius 2 is 2.05 bits per heavy atom. The number of hydrogen-bond acceptors (Lipinski definition) is 3. The fourth-order valence-electron chi connectivity index (χ4n) is 3.11. The van der Waals surface area contributed by atoms with Crippen LogP contribution in [0.1, 0.15) is 46.5 Å². The Bertz CT molecular complexity index is 363. The van der Waals surface area contributed by atoms with E-state index in [-0.39, 0.29) is 0 Å². The zero-order valence-electron chi connectivity index (χ0n) is 13.8. The van der Waals surface area contributed by atoms with Crippen molar-refractivity contribution in [1.82, 2.24) is 10.2 Å². The van der Waals surface area contributed by atoms with Gasteiger partial charge in [-0.15, -0.1) is 0 Å². The third-order valence-corrected chi connectivity index (χ3v) is 4.96. The quantitative estimate of drug-likeness (QED) is 0.611. The van der Waals surface area contributed by atoms with E-state index in [1.54, 1.807) is 0 Å². The molecule has 2 aliphatic rings.